The van der Waals surface area contributed by atoms with Gasteiger partial charge in [-0.3, -0.25) is 0 Å². The van der Waals surface area contributed by atoms with Crippen LogP contribution in [0.4, 0.5) is 0 Å². The van der Waals surface area contributed by atoms with E-state index in [1.54, 1.807) is 19.2 Å². The number of hydrogen-bond acceptors (Lipinski definition) is 4. The number of nitrogens with zero attached hydrogens (tertiary/aromatic N) is 1. The molecular weight excluding hydrogens is 217 g/mol. The van der Waals surface area contributed by atoms with Crippen LogP contribution in [-0.4, -0.2) is 43.3 Å². The van der Waals surface area contributed by atoms with Gasteiger partial charge in [-0.1, -0.05) is 19.9 Å². The van der Waals surface area contributed by atoms with Crippen molar-refractivity contribution in [2.24, 2.45) is 0 Å². The summed E-state index contributed by atoms with van der Waals surface area (Å²) in [6.45, 7) is 4.73. The van der Waals surface area contributed by atoms with Crippen LogP contribution in [0.5, 0.6) is 5.75 Å². The Bertz CT molecular complexity index is 330. The van der Waals surface area contributed by atoms with Crippen molar-refractivity contribution in [3.63, 3.8) is 0 Å². The van der Waals surface area contributed by atoms with Gasteiger partial charge in [-0.25, -0.2) is 0 Å². The Kier molecular flexibility index (Phi) is 7.62. The first kappa shape index (κ1) is 16.0. The minimum absolute atomic E-state index is 0.450. The van der Waals surface area contributed by atoms with Crippen molar-refractivity contribution in [2.75, 3.05) is 21.2 Å². The van der Waals surface area contributed by atoms with Crippen LogP contribution < -0.4 is 10.2 Å². The molecule has 0 aliphatic heterocycles. The van der Waals surface area contributed by atoms with Crippen LogP contribution in [0.1, 0.15) is 19.4 Å². The average molecular weight is 239 g/mol. The Morgan fingerprint density at radius 1 is 1.18 bits per heavy atom. The highest BCUT2D eigenvalue weighted by molar-refractivity contribution is 6.58. The molecule has 0 saturated heterocycles. The summed E-state index contributed by atoms with van der Waals surface area (Å²) in [6.07, 6.45) is 0. The third kappa shape index (κ3) is 5.72. The van der Waals surface area contributed by atoms with Crippen LogP contribution in [0.2, 0.25) is 0 Å². The molecule has 0 aliphatic rings. The molecule has 4 nitrogen and oxygen atoms in total. The maximum atomic E-state index is 9.09. The summed E-state index contributed by atoms with van der Waals surface area (Å²) >= 11 is 0. The van der Waals surface area contributed by atoms with E-state index < -0.39 is 7.12 Å². The van der Waals surface area contributed by atoms with E-state index in [9.17, 15) is 0 Å². The van der Waals surface area contributed by atoms with Crippen LogP contribution in [0.25, 0.3) is 0 Å². The maximum Gasteiger partial charge on any atom is 0.488 e. The molecule has 1 aromatic carbocycles. The molecule has 0 fully saturated rings. The van der Waals surface area contributed by atoms with Gasteiger partial charge in [0.25, 0.3) is 0 Å². The highest BCUT2D eigenvalue weighted by atomic mass is 16.5. The Hall–Kier alpha value is -1.04. The second kappa shape index (κ2) is 8.11. The highest BCUT2D eigenvalue weighted by Crippen LogP contribution is 2.12. The Balaban J connectivity index is 0.00000121. The monoisotopic (exact) mass is 239 g/mol. The largest absolute Gasteiger partial charge is 0.497 e. The summed E-state index contributed by atoms with van der Waals surface area (Å²) in [5.74, 6) is 0.637. The number of ether oxygens (including phenoxy) is 1. The summed E-state index contributed by atoms with van der Waals surface area (Å²) < 4.78 is 5.09. The van der Waals surface area contributed by atoms with Crippen molar-refractivity contribution in [2.45, 2.75) is 20.4 Å². The second-order valence-electron chi connectivity index (χ2n) is 3.73. The predicted molar refractivity (Wildman–Crippen MR) is 71.6 cm³/mol. The van der Waals surface area contributed by atoms with Crippen molar-refractivity contribution in [1.82, 2.24) is 4.90 Å². The number of hydrogen-bond donors (Lipinski definition) is 2. The van der Waals surface area contributed by atoms with Crippen molar-refractivity contribution in [3.05, 3.63) is 23.8 Å². The Morgan fingerprint density at radius 3 is 2.18 bits per heavy atom. The van der Waals surface area contributed by atoms with Crippen molar-refractivity contribution < 1.29 is 14.8 Å². The smallest absolute Gasteiger partial charge is 0.488 e. The van der Waals surface area contributed by atoms with Crippen molar-refractivity contribution >= 4 is 12.6 Å². The first-order chi connectivity index (χ1) is 8.02. The van der Waals surface area contributed by atoms with Gasteiger partial charge in [-0.2, -0.15) is 0 Å². The van der Waals surface area contributed by atoms with Crippen LogP contribution in [0.3, 0.4) is 0 Å². The number of methoxy groups -OCH3 is 1. The quantitative estimate of drug-likeness (QED) is 0.749. The minimum atomic E-state index is -1.46. The lowest BCUT2D eigenvalue weighted by atomic mass is 9.79. The fourth-order valence-electron chi connectivity index (χ4n) is 1.41. The van der Waals surface area contributed by atoms with Gasteiger partial charge in [-0.05, 0) is 37.3 Å². The van der Waals surface area contributed by atoms with Crippen LogP contribution >= 0.6 is 0 Å². The van der Waals surface area contributed by atoms with Crippen LogP contribution in [0.15, 0.2) is 18.2 Å². The van der Waals surface area contributed by atoms with E-state index in [1.165, 1.54) is 0 Å². The second-order valence-corrected chi connectivity index (χ2v) is 3.73. The first-order valence-electron chi connectivity index (χ1n) is 5.71. The SMILES string of the molecule is CC.COc1cc(CN(C)C)cc(B(O)O)c1. The zero-order valence-electron chi connectivity index (χ0n) is 11.3. The third-order valence-corrected chi connectivity index (χ3v) is 2.02. The van der Waals surface area contributed by atoms with Crippen LogP contribution in [0, 0.1) is 0 Å². The Labute approximate surface area is 104 Å². The van der Waals surface area contributed by atoms with E-state index in [2.05, 4.69) is 0 Å². The van der Waals surface area contributed by atoms with E-state index >= 15 is 0 Å². The molecule has 2 N–H and O–H groups in total. The molecule has 0 atom stereocenters. The fourth-order valence-corrected chi connectivity index (χ4v) is 1.41. The van der Waals surface area contributed by atoms with Gasteiger partial charge < -0.3 is 19.7 Å². The normalized spacial score (nSPS) is 9.65. The summed E-state index contributed by atoms with van der Waals surface area (Å²) in [7, 11) is 4.01. The van der Waals surface area contributed by atoms with Crippen LogP contribution in [-0.2, 0) is 6.54 Å². The molecule has 0 radical (unpaired) electrons. The number of benzene rings is 1. The van der Waals surface area contributed by atoms with E-state index in [4.69, 9.17) is 14.8 Å². The zero-order valence-corrected chi connectivity index (χ0v) is 11.3. The molecule has 0 amide bonds. The standard InChI is InChI=1S/C10H16BNO3.C2H6/c1-12(2)7-8-4-9(11(13)14)6-10(5-8)15-3;1-2/h4-6,13-14H,7H2,1-3H3;1-2H3. The highest BCUT2D eigenvalue weighted by Gasteiger charge is 2.13. The van der Waals surface area contributed by atoms with Gasteiger partial charge in [-0.15, -0.1) is 0 Å². The van der Waals surface area contributed by atoms with Crippen molar-refractivity contribution in [1.29, 1.82) is 0 Å². The lowest BCUT2D eigenvalue weighted by molar-refractivity contribution is 0.394. The van der Waals surface area contributed by atoms with Gasteiger partial charge in [0.2, 0.25) is 0 Å². The first-order valence-corrected chi connectivity index (χ1v) is 5.71. The summed E-state index contributed by atoms with van der Waals surface area (Å²) in [5.41, 5.74) is 1.44. The zero-order chi connectivity index (χ0) is 13.4. The molecule has 5 heteroatoms. The molecule has 0 bridgehead atoms. The molecule has 0 unspecified atom stereocenters. The maximum absolute atomic E-state index is 9.09. The van der Waals surface area contributed by atoms with E-state index in [-0.39, 0.29) is 0 Å². The number of rotatable bonds is 4. The Morgan fingerprint density at radius 2 is 1.76 bits per heavy atom. The molecule has 1 rings (SSSR count). The molecular formula is C12H22BNO3. The predicted octanol–water partition coefficient (Wildman–Crippen LogP) is 0.463. The third-order valence-electron chi connectivity index (χ3n) is 2.02. The lowest BCUT2D eigenvalue weighted by Gasteiger charge is -2.12. The lowest BCUT2D eigenvalue weighted by Crippen LogP contribution is -2.30. The van der Waals surface area contributed by atoms with E-state index in [0.29, 0.717) is 11.2 Å². The topological polar surface area (TPSA) is 52.9 Å². The molecule has 1 aromatic rings. The summed E-state index contributed by atoms with van der Waals surface area (Å²) in [6, 6.07) is 5.25. The summed E-state index contributed by atoms with van der Waals surface area (Å²) in [4.78, 5) is 2.00. The molecule has 0 saturated carbocycles. The van der Waals surface area contributed by atoms with Gasteiger partial charge >= 0.3 is 7.12 Å². The van der Waals surface area contributed by atoms with Gasteiger partial charge in [0.05, 0.1) is 7.11 Å². The van der Waals surface area contributed by atoms with Crippen molar-refractivity contribution in [3.8, 4) is 5.75 Å². The molecule has 0 aliphatic carbocycles. The van der Waals surface area contributed by atoms with Gasteiger partial charge in [0.15, 0.2) is 0 Å². The molecule has 0 aromatic heterocycles. The fraction of sp³-hybridized carbons (Fsp3) is 0.500. The molecule has 0 spiro atoms. The molecule has 96 valence electrons. The molecule has 17 heavy (non-hydrogen) atoms. The summed E-state index contributed by atoms with van der Waals surface area (Å²) in [5, 5.41) is 18.2. The van der Waals surface area contributed by atoms with Gasteiger partial charge in [0.1, 0.15) is 5.75 Å². The average Bonchev–Trinajstić information content (AvgIpc) is 2.30. The van der Waals surface area contributed by atoms with E-state index in [0.717, 1.165) is 12.1 Å². The minimum Gasteiger partial charge on any atom is -0.497 e. The van der Waals surface area contributed by atoms with E-state index in [1.807, 2.05) is 38.9 Å². The van der Waals surface area contributed by atoms with Gasteiger partial charge in [0, 0.05) is 6.54 Å². The molecule has 0 heterocycles.